The van der Waals surface area contributed by atoms with Gasteiger partial charge in [0.1, 0.15) is 12.3 Å². The van der Waals surface area contributed by atoms with Gasteiger partial charge in [-0.25, -0.2) is 4.98 Å². The third-order valence-corrected chi connectivity index (χ3v) is 4.68. The highest BCUT2D eigenvalue weighted by molar-refractivity contribution is 6.03. The molecule has 0 saturated carbocycles. The van der Waals surface area contributed by atoms with E-state index in [1.165, 1.54) is 0 Å². The molecule has 4 aromatic rings. The van der Waals surface area contributed by atoms with Crippen LogP contribution in [0.5, 0.6) is 11.5 Å². The molecule has 7 nitrogen and oxygen atoms in total. The Morgan fingerprint density at radius 1 is 1.07 bits per heavy atom. The Balaban J connectivity index is 1.25. The Bertz CT molecular complexity index is 1190. The molecule has 2 aromatic carbocycles. The van der Waals surface area contributed by atoms with Crippen molar-refractivity contribution in [3.8, 4) is 11.5 Å². The van der Waals surface area contributed by atoms with Gasteiger partial charge >= 0.3 is 0 Å². The summed E-state index contributed by atoms with van der Waals surface area (Å²) in [6.45, 7) is 0.956. The summed E-state index contributed by atoms with van der Waals surface area (Å²) in [4.78, 5) is 17.0. The lowest BCUT2D eigenvalue weighted by molar-refractivity contribution is 0.0759. The average Bonchev–Trinajstić information content (AvgIpc) is 3.20. The Hall–Kier alpha value is -3.87. The number of fused-ring (bicyclic) bond motifs is 2. The quantitative estimate of drug-likeness (QED) is 0.581. The Morgan fingerprint density at radius 2 is 1.90 bits per heavy atom. The number of carbonyl (C=O) groups excluding carboxylic acids is 1. The van der Waals surface area contributed by atoms with E-state index < -0.39 is 0 Å². The van der Waals surface area contributed by atoms with Gasteiger partial charge in [0, 0.05) is 11.6 Å². The number of anilines is 1. The fourth-order valence-electron chi connectivity index (χ4n) is 3.28. The van der Waals surface area contributed by atoms with Gasteiger partial charge in [0.2, 0.25) is 0 Å². The van der Waals surface area contributed by atoms with Gasteiger partial charge in [-0.3, -0.25) is 9.48 Å². The van der Waals surface area contributed by atoms with Crippen LogP contribution in [0.4, 0.5) is 5.69 Å². The summed E-state index contributed by atoms with van der Waals surface area (Å²) in [5.74, 6) is 1.20. The first-order chi connectivity index (χ1) is 14.2. The molecule has 3 heterocycles. The van der Waals surface area contributed by atoms with E-state index in [4.69, 9.17) is 9.47 Å². The van der Waals surface area contributed by atoms with Crippen molar-refractivity contribution in [1.82, 2.24) is 14.8 Å². The summed E-state index contributed by atoms with van der Waals surface area (Å²) >= 11 is 0. The van der Waals surface area contributed by atoms with Gasteiger partial charge in [-0.05, 0) is 24.3 Å². The van der Waals surface area contributed by atoms with Gasteiger partial charge in [0.15, 0.2) is 17.6 Å². The number of amides is 1. The highest BCUT2D eigenvalue weighted by Crippen LogP contribution is 2.31. The van der Waals surface area contributed by atoms with Crippen molar-refractivity contribution in [2.24, 2.45) is 0 Å². The minimum Gasteiger partial charge on any atom is -0.486 e. The topological polar surface area (TPSA) is 78.3 Å². The van der Waals surface area contributed by atoms with Crippen molar-refractivity contribution < 1.29 is 14.3 Å². The third kappa shape index (κ3) is 3.62. The number of ether oxygens (including phenoxy) is 2. The van der Waals surface area contributed by atoms with E-state index in [9.17, 15) is 4.79 Å². The van der Waals surface area contributed by atoms with Crippen LogP contribution < -0.4 is 14.8 Å². The van der Waals surface area contributed by atoms with Gasteiger partial charge in [-0.2, -0.15) is 5.10 Å². The van der Waals surface area contributed by atoms with E-state index in [0.717, 1.165) is 22.4 Å². The zero-order chi connectivity index (χ0) is 19.6. The molecule has 1 atom stereocenters. The summed E-state index contributed by atoms with van der Waals surface area (Å²) in [5.41, 5.74) is 1.74. The summed E-state index contributed by atoms with van der Waals surface area (Å²) in [5, 5.41) is 8.14. The number of hydrogen-bond donors (Lipinski definition) is 1. The normalized spacial score (nSPS) is 15.2. The van der Waals surface area contributed by atoms with E-state index in [0.29, 0.717) is 24.5 Å². The molecule has 0 radical (unpaired) electrons. The fraction of sp³-hybridized carbons (Fsp3) is 0.136. The van der Waals surface area contributed by atoms with Crippen molar-refractivity contribution in [2.45, 2.75) is 12.6 Å². The largest absolute Gasteiger partial charge is 0.486 e. The average molecular weight is 386 g/mol. The number of nitrogens with zero attached hydrogens (tertiary/aromatic N) is 3. The number of rotatable bonds is 4. The molecule has 0 fully saturated rings. The second-order valence-corrected chi connectivity index (χ2v) is 6.79. The zero-order valence-electron chi connectivity index (χ0n) is 15.5. The number of carbonyl (C=O) groups is 1. The standard InChI is InChI=1S/C22H18N4O3/c27-22(19-10-9-15-5-1-2-6-18(15)25-19)24-16-11-23-26(12-16)13-17-14-28-20-7-3-4-8-21(20)29-17/h1-12,17H,13-14H2,(H,24,27). The molecule has 0 bridgehead atoms. The molecule has 0 saturated heterocycles. The second-order valence-electron chi connectivity index (χ2n) is 6.79. The molecule has 7 heteroatoms. The molecule has 0 aliphatic carbocycles. The Labute approximate surface area is 166 Å². The summed E-state index contributed by atoms with van der Waals surface area (Å²) in [6, 6.07) is 18.9. The van der Waals surface area contributed by atoms with Gasteiger partial charge in [-0.15, -0.1) is 0 Å². The molecule has 2 aromatic heterocycles. The fourth-order valence-corrected chi connectivity index (χ4v) is 3.28. The molecule has 0 spiro atoms. The zero-order valence-corrected chi connectivity index (χ0v) is 15.5. The first-order valence-corrected chi connectivity index (χ1v) is 9.33. The lowest BCUT2D eigenvalue weighted by Crippen LogP contribution is -2.33. The lowest BCUT2D eigenvalue weighted by Gasteiger charge is -2.26. The van der Waals surface area contributed by atoms with E-state index in [-0.39, 0.29) is 12.0 Å². The molecule has 144 valence electrons. The molecule has 1 unspecified atom stereocenters. The number of hydrogen-bond acceptors (Lipinski definition) is 5. The van der Waals surface area contributed by atoms with Crippen LogP contribution in [0, 0.1) is 0 Å². The molecule has 1 N–H and O–H groups in total. The highest BCUT2D eigenvalue weighted by atomic mass is 16.6. The van der Waals surface area contributed by atoms with E-state index in [1.54, 1.807) is 23.1 Å². The predicted octanol–water partition coefficient (Wildman–Crippen LogP) is 3.52. The van der Waals surface area contributed by atoms with Crippen LogP contribution in [-0.4, -0.2) is 33.4 Å². The van der Waals surface area contributed by atoms with Crippen molar-refractivity contribution in [1.29, 1.82) is 0 Å². The summed E-state index contributed by atoms with van der Waals surface area (Å²) in [7, 11) is 0. The van der Waals surface area contributed by atoms with Crippen molar-refractivity contribution in [3.05, 3.63) is 78.8 Å². The molecule has 1 amide bonds. The summed E-state index contributed by atoms with van der Waals surface area (Å²) in [6.07, 6.45) is 3.22. The maximum Gasteiger partial charge on any atom is 0.274 e. The molecule has 29 heavy (non-hydrogen) atoms. The number of aromatic nitrogens is 3. The predicted molar refractivity (Wildman–Crippen MR) is 108 cm³/mol. The monoisotopic (exact) mass is 386 g/mol. The van der Waals surface area contributed by atoms with Gasteiger partial charge in [-0.1, -0.05) is 36.4 Å². The number of pyridine rings is 1. The van der Waals surface area contributed by atoms with Crippen LogP contribution in [0.25, 0.3) is 10.9 Å². The Kier molecular flexibility index (Phi) is 4.32. The maximum absolute atomic E-state index is 12.5. The highest BCUT2D eigenvalue weighted by Gasteiger charge is 2.21. The summed E-state index contributed by atoms with van der Waals surface area (Å²) < 4.78 is 13.4. The van der Waals surface area contributed by atoms with Crippen molar-refractivity contribution in [3.63, 3.8) is 0 Å². The smallest absolute Gasteiger partial charge is 0.274 e. The van der Waals surface area contributed by atoms with Crippen molar-refractivity contribution >= 4 is 22.5 Å². The molecule has 5 rings (SSSR count). The second kappa shape index (κ2) is 7.27. The SMILES string of the molecule is O=C(Nc1cnn(CC2COc3ccccc3O2)c1)c1ccc2ccccc2n1. The van der Waals surface area contributed by atoms with E-state index in [2.05, 4.69) is 15.4 Å². The van der Waals surface area contributed by atoms with Crippen LogP contribution in [0.2, 0.25) is 0 Å². The minimum atomic E-state index is -0.276. The number of para-hydroxylation sites is 3. The third-order valence-electron chi connectivity index (χ3n) is 4.68. The molecular weight excluding hydrogens is 368 g/mol. The van der Waals surface area contributed by atoms with Gasteiger partial charge < -0.3 is 14.8 Å². The molecule has 1 aliphatic rings. The first-order valence-electron chi connectivity index (χ1n) is 9.33. The molecular formula is C22H18N4O3. The Morgan fingerprint density at radius 3 is 2.83 bits per heavy atom. The molecule has 1 aliphatic heterocycles. The van der Waals surface area contributed by atoms with E-state index >= 15 is 0 Å². The first kappa shape index (κ1) is 17.2. The van der Waals surface area contributed by atoms with Gasteiger partial charge in [0.25, 0.3) is 5.91 Å². The van der Waals surface area contributed by atoms with Crippen LogP contribution in [0.15, 0.2) is 73.1 Å². The number of benzene rings is 2. The lowest BCUT2D eigenvalue weighted by atomic mass is 10.2. The van der Waals surface area contributed by atoms with Gasteiger partial charge in [0.05, 0.1) is 23.9 Å². The van der Waals surface area contributed by atoms with Crippen LogP contribution in [0.1, 0.15) is 10.5 Å². The number of nitrogens with one attached hydrogen (secondary N) is 1. The van der Waals surface area contributed by atoms with Crippen LogP contribution >= 0.6 is 0 Å². The minimum absolute atomic E-state index is 0.157. The van der Waals surface area contributed by atoms with E-state index in [1.807, 2.05) is 54.6 Å². The maximum atomic E-state index is 12.5. The van der Waals surface area contributed by atoms with Crippen LogP contribution in [0.3, 0.4) is 0 Å². The van der Waals surface area contributed by atoms with Crippen molar-refractivity contribution in [2.75, 3.05) is 11.9 Å². The van der Waals surface area contributed by atoms with Crippen LogP contribution in [-0.2, 0) is 6.54 Å².